The smallest absolute Gasteiger partial charge is 0.225 e. The zero-order chi connectivity index (χ0) is 22.1. The Bertz CT molecular complexity index is 1110. The van der Waals surface area contributed by atoms with Gasteiger partial charge in [0.1, 0.15) is 5.69 Å². The fourth-order valence-corrected chi connectivity index (χ4v) is 4.08. The molecule has 2 aromatic heterocycles. The molecule has 1 amide bonds. The van der Waals surface area contributed by atoms with Gasteiger partial charge in [0.05, 0.1) is 17.1 Å². The lowest BCUT2D eigenvalue weighted by molar-refractivity contribution is -0.136. The minimum Gasteiger partial charge on any atom is -0.353 e. The van der Waals surface area contributed by atoms with Crippen LogP contribution in [0.25, 0.3) is 22.3 Å². The summed E-state index contributed by atoms with van der Waals surface area (Å²) in [6.07, 6.45) is 4.12. The maximum absolute atomic E-state index is 13.9. The number of hydrogen-bond donors (Lipinski definition) is 0. The summed E-state index contributed by atoms with van der Waals surface area (Å²) in [6, 6.07) is 5.83. The van der Waals surface area contributed by atoms with E-state index in [1.54, 1.807) is 12.4 Å². The van der Waals surface area contributed by atoms with Crippen molar-refractivity contribution in [2.45, 2.75) is 33.2 Å². The third-order valence-electron chi connectivity index (χ3n) is 5.66. The normalized spacial score (nSPS) is 16.3. The zero-order valence-corrected chi connectivity index (χ0v) is 17.8. The highest BCUT2D eigenvalue weighted by atomic mass is 19.2. The number of halogens is 2. The summed E-state index contributed by atoms with van der Waals surface area (Å²) in [4.78, 5) is 30.0. The number of fused-ring (bicyclic) bond motifs is 1. The molecular formula is C23H25F2N5O. The molecule has 1 saturated heterocycles. The van der Waals surface area contributed by atoms with Gasteiger partial charge >= 0.3 is 0 Å². The monoisotopic (exact) mass is 425 g/mol. The zero-order valence-electron chi connectivity index (χ0n) is 17.8. The van der Waals surface area contributed by atoms with E-state index in [9.17, 15) is 13.6 Å². The summed E-state index contributed by atoms with van der Waals surface area (Å²) in [6.45, 7) is 7.73. The van der Waals surface area contributed by atoms with E-state index in [0.29, 0.717) is 36.7 Å². The molecule has 6 nitrogen and oxygen atoms in total. The Morgan fingerprint density at radius 2 is 1.81 bits per heavy atom. The summed E-state index contributed by atoms with van der Waals surface area (Å²) in [5, 5.41) is 0. The molecule has 1 atom stereocenters. The summed E-state index contributed by atoms with van der Waals surface area (Å²) < 4.78 is 27.7. The third kappa shape index (κ3) is 4.06. The van der Waals surface area contributed by atoms with Crippen LogP contribution in [-0.4, -0.2) is 51.4 Å². The Kier molecular flexibility index (Phi) is 5.80. The van der Waals surface area contributed by atoms with Crippen LogP contribution in [0.2, 0.25) is 0 Å². The van der Waals surface area contributed by atoms with Gasteiger partial charge in [-0.15, -0.1) is 0 Å². The number of carbonyl (C=O) groups excluding carboxylic acids is 1. The first kappa shape index (κ1) is 21.1. The molecule has 0 bridgehead atoms. The number of aromatic nitrogens is 3. The second-order valence-electron chi connectivity index (χ2n) is 8.05. The molecule has 8 heteroatoms. The van der Waals surface area contributed by atoms with Crippen molar-refractivity contribution >= 4 is 22.8 Å². The molecule has 162 valence electrons. The number of likely N-dealkylation sites (N-methyl/N-ethyl adjacent to an activating group) is 1. The second-order valence-corrected chi connectivity index (χ2v) is 8.05. The molecule has 1 aliphatic heterocycles. The first-order valence-electron chi connectivity index (χ1n) is 10.5. The van der Waals surface area contributed by atoms with Gasteiger partial charge in [0.15, 0.2) is 17.5 Å². The Balaban J connectivity index is 1.76. The molecule has 0 spiro atoms. The van der Waals surface area contributed by atoms with Crippen molar-refractivity contribution in [2.75, 3.05) is 24.5 Å². The van der Waals surface area contributed by atoms with Crippen molar-refractivity contribution in [1.29, 1.82) is 0 Å². The highest BCUT2D eigenvalue weighted by Gasteiger charge is 2.33. The first-order chi connectivity index (χ1) is 14.9. The number of hydrogen-bond acceptors (Lipinski definition) is 5. The van der Waals surface area contributed by atoms with Gasteiger partial charge in [0.2, 0.25) is 5.91 Å². The summed E-state index contributed by atoms with van der Waals surface area (Å²) in [5.74, 6) is -1.25. The molecule has 1 aliphatic rings. The number of carbonyl (C=O) groups is 1. The van der Waals surface area contributed by atoms with Gasteiger partial charge in [0, 0.05) is 55.6 Å². The Labute approximate surface area is 179 Å². The van der Waals surface area contributed by atoms with E-state index in [-0.39, 0.29) is 23.4 Å². The highest BCUT2D eigenvalue weighted by Crippen LogP contribution is 2.33. The molecule has 1 aromatic carbocycles. The van der Waals surface area contributed by atoms with E-state index in [1.807, 2.05) is 37.8 Å². The van der Waals surface area contributed by atoms with Crippen LogP contribution in [0.15, 0.2) is 36.7 Å². The molecule has 31 heavy (non-hydrogen) atoms. The standard InChI is InChI=1S/C23H25F2N5O/c1-4-30(23(31)14(2)3)16-7-10-29(13-16)22-21(15-5-8-26-9-6-15)27-19-11-17(24)18(25)12-20(19)28-22/h5-6,8-9,11-12,14,16H,4,7,10,13H2,1-3H3/t16-/m0/s1. The van der Waals surface area contributed by atoms with Crippen molar-refractivity contribution in [3.05, 3.63) is 48.3 Å². The molecular weight excluding hydrogens is 400 g/mol. The number of nitrogens with zero attached hydrogens (tertiary/aromatic N) is 5. The second kappa shape index (κ2) is 8.53. The lowest BCUT2D eigenvalue weighted by atomic mass is 10.1. The molecule has 3 aromatic rings. The first-order valence-corrected chi connectivity index (χ1v) is 10.5. The number of rotatable bonds is 5. The maximum atomic E-state index is 13.9. The van der Waals surface area contributed by atoms with Gasteiger partial charge in [-0.3, -0.25) is 9.78 Å². The van der Waals surface area contributed by atoms with Crippen LogP contribution >= 0.6 is 0 Å². The number of anilines is 1. The van der Waals surface area contributed by atoms with Crippen LogP contribution in [0.4, 0.5) is 14.6 Å². The number of amides is 1. The van der Waals surface area contributed by atoms with Crippen LogP contribution < -0.4 is 4.90 Å². The average Bonchev–Trinajstić information content (AvgIpc) is 3.24. The lowest BCUT2D eigenvalue weighted by Crippen LogP contribution is -2.43. The lowest BCUT2D eigenvalue weighted by Gasteiger charge is -2.30. The highest BCUT2D eigenvalue weighted by molar-refractivity contribution is 5.84. The van der Waals surface area contributed by atoms with Crippen LogP contribution in [0, 0.1) is 17.6 Å². The molecule has 4 rings (SSSR count). The minimum absolute atomic E-state index is 0.0626. The predicted octanol–water partition coefficient (Wildman–Crippen LogP) is 4.05. The van der Waals surface area contributed by atoms with Crippen molar-refractivity contribution < 1.29 is 13.6 Å². The van der Waals surface area contributed by atoms with Gasteiger partial charge < -0.3 is 9.80 Å². The topological polar surface area (TPSA) is 62.2 Å². The average molecular weight is 425 g/mol. The van der Waals surface area contributed by atoms with E-state index in [2.05, 4.69) is 19.9 Å². The molecule has 0 aliphatic carbocycles. The number of benzene rings is 1. The van der Waals surface area contributed by atoms with Gasteiger partial charge in [0.25, 0.3) is 0 Å². The van der Waals surface area contributed by atoms with Crippen LogP contribution in [0.1, 0.15) is 27.2 Å². The largest absolute Gasteiger partial charge is 0.353 e. The van der Waals surface area contributed by atoms with Gasteiger partial charge in [-0.05, 0) is 25.5 Å². The summed E-state index contributed by atoms with van der Waals surface area (Å²) >= 11 is 0. The molecule has 1 fully saturated rings. The van der Waals surface area contributed by atoms with E-state index in [0.717, 1.165) is 24.1 Å². The SMILES string of the molecule is CCN(C(=O)C(C)C)[C@H]1CCN(c2nc3cc(F)c(F)cc3nc2-c2ccncc2)C1. The van der Waals surface area contributed by atoms with E-state index < -0.39 is 11.6 Å². The van der Waals surface area contributed by atoms with Gasteiger partial charge in [-0.25, -0.2) is 18.7 Å². The third-order valence-corrected chi connectivity index (χ3v) is 5.66. The molecule has 0 saturated carbocycles. The van der Waals surface area contributed by atoms with Gasteiger partial charge in [-0.2, -0.15) is 0 Å². The van der Waals surface area contributed by atoms with Crippen molar-refractivity contribution in [1.82, 2.24) is 19.9 Å². The minimum atomic E-state index is -0.956. The fourth-order valence-electron chi connectivity index (χ4n) is 4.08. The Hall–Kier alpha value is -3.16. The fraction of sp³-hybridized carbons (Fsp3) is 0.391. The van der Waals surface area contributed by atoms with Crippen LogP contribution in [0.3, 0.4) is 0 Å². The maximum Gasteiger partial charge on any atom is 0.225 e. The van der Waals surface area contributed by atoms with E-state index in [4.69, 9.17) is 0 Å². The predicted molar refractivity (Wildman–Crippen MR) is 116 cm³/mol. The Morgan fingerprint density at radius 1 is 1.16 bits per heavy atom. The van der Waals surface area contributed by atoms with E-state index >= 15 is 0 Å². The van der Waals surface area contributed by atoms with Crippen molar-refractivity contribution in [2.24, 2.45) is 5.92 Å². The summed E-state index contributed by atoms with van der Waals surface area (Å²) in [5.41, 5.74) is 1.95. The Morgan fingerprint density at radius 3 is 2.42 bits per heavy atom. The summed E-state index contributed by atoms with van der Waals surface area (Å²) in [7, 11) is 0. The van der Waals surface area contributed by atoms with Crippen LogP contribution in [0.5, 0.6) is 0 Å². The van der Waals surface area contributed by atoms with E-state index in [1.165, 1.54) is 0 Å². The van der Waals surface area contributed by atoms with Crippen LogP contribution in [-0.2, 0) is 4.79 Å². The molecule has 0 radical (unpaired) electrons. The molecule has 0 unspecified atom stereocenters. The molecule has 0 N–H and O–H groups in total. The molecule has 3 heterocycles. The number of pyridine rings is 1. The van der Waals surface area contributed by atoms with Gasteiger partial charge in [-0.1, -0.05) is 13.8 Å². The van der Waals surface area contributed by atoms with Crippen molar-refractivity contribution in [3.63, 3.8) is 0 Å². The van der Waals surface area contributed by atoms with Crippen molar-refractivity contribution in [3.8, 4) is 11.3 Å². The quantitative estimate of drug-likeness (QED) is 0.617.